The zero-order valence-electron chi connectivity index (χ0n) is 9.91. The first-order chi connectivity index (χ1) is 8.88. The standard InChI is InChI=1S/C14H13N3S/c1-2-6-17-8-11(15-13(17)3-1)7-14-16-12(9-18-14)10-4-5-10/h1-3,6,8-10H,4-5,7H2. The van der Waals surface area contributed by atoms with Crippen molar-refractivity contribution in [3.8, 4) is 0 Å². The first-order valence-corrected chi connectivity index (χ1v) is 7.13. The Balaban J connectivity index is 1.62. The maximum absolute atomic E-state index is 4.71. The second-order valence-corrected chi connectivity index (χ2v) is 5.76. The van der Waals surface area contributed by atoms with Gasteiger partial charge in [0.05, 0.1) is 16.4 Å². The van der Waals surface area contributed by atoms with Crippen molar-refractivity contribution in [3.05, 3.63) is 52.4 Å². The Kier molecular flexibility index (Phi) is 2.23. The normalized spacial score (nSPS) is 15.3. The number of fused-ring (bicyclic) bond motifs is 1. The molecule has 0 saturated heterocycles. The smallest absolute Gasteiger partial charge is 0.136 e. The van der Waals surface area contributed by atoms with E-state index in [4.69, 9.17) is 4.98 Å². The molecule has 0 unspecified atom stereocenters. The van der Waals surface area contributed by atoms with Gasteiger partial charge in [-0.2, -0.15) is 0 Å². The number of thiazole rings is 1. The average molecular weight is 255 g/mol. The summed E-state index contributed by atoms with van der Waals surface area (Å²) < 4.78 is 2.06. The first-order valence-electron chi connectivity index (χ1n) is 6.25. The second-order valence-electron chi connectivity index (χ2n) is 4.82. The van der Waals surface area contributed by atoms with Crippen LogP contribution in [0.4, 0.5) is 0 Å². The van der Waals surface area contributed by atoms with Crippen molar-refractivity contribution in [3.63, 3.8) is 0 Å². The monoisotopic (exact) mass is 255 g/mol. The number of pyridine rings is 1. The molecular formula is C14H13N3S. The fourth-order valence-corrected chi connectivity index (χ4v) is 3.09. The predicted molar refractivity (Wildman–Crippen MR) is 72.1 cm³/mol. The summed E-state index contributed by atoms with van der Waals surface area (Å²) in [7, 11) is 0. The van der Waals surface area contributed by atoms with E-state index >= 15 is 0 Å². The highest BCUT2D eigenvalue weighted by Crippen LogP contribution is 2.40. The highest BCUT2D eigenvalue weighted by atomic mass is 32.1. The SMILES string of the molecule is c1ccn2cc(Cc3nc(C4CC4)cs3)nc2c1. The highest BCUT2D eigenvalue weighted by Gasteiger charge is 2.26. The van der Waals surface area contributed by atoms with Gasteiger partial charge in [-0.1, -0.05) is 6.07 Å². The number of imidazole rings is 1. The van der Waals surface area contributed by atoms with Gasteiger partial charge in [-0.25, -0.2) is 9.97 Å². The summed E-state index contributed by atoms with van der Waals surface area (Å²) in [5, 5.41) is 3.39. The molecule has 0 N–H and O–H groups in total. The van der Waals surface area contributed by atoms with Gasteiger partial charge in [0.1, 0.15) is 5.65 Å². The Labute approximate surface area is 109 Å². The van der Waals surface area contributed by atoms with E-state index in [2.05, 4.69) is 21.0 Å². The largest absolute Gasteiger partial charge is 0.307 e. The van der Waals surface area contributed by atoms with Crippen molar-refractivity contribution in [1.82, 2.24) is 14.4 Å². The Morgan fingerprint density at radius 1 is 1.28 bits per heavy atom. The van der Waals surface area contributed by atoms with Gasteiger partial charge in [-0.05, 0) is 25.0 Å². The van der Waals surface area contributed by atoms with Gasteiger partial charge >= 0.3 is 0 Å². The minimum atomic E-state index is 0.746. The summed E-state index contributed by atoms with van der Waals surface area (Å²) in [5.74, 6) is 0.746. The average Bonchev–Trinajstić information content (AvgIpc) is 2.99. The van der Waals surface area contributed by atoms with Crippen LogP contribution in [0.5, 0.6) is 0 Å². The highest BCUT2D eigenvalue weighted by molar-refractivity contribution is 7.09. The molecule has 4 heteroatoms. The molecule has 0 radical (unpaired) electrons. The van der Waals surface area contributed by atoms with Crippen molar-refractivity contribution in [2.24, 2.45) is 0 Å². The fraction of sp³-hybridized carbons (Fsp3) is 0.286. The van der Waals surface area contributed by atoms with E-state index in [0.29, 0.717) is 0 Å². The molecule has 0 aliphatic heterocycles. The van der Waals surface area contributed by atoms with Gasteiger partial charge in [0.15, 0.2) is 0 Å². The maximum atomic E-state index is 4.71. The number of nitrogens with zero attached hydrogens (tertiary/aromatic N) is 3. The molecule has 1 aliphatic carbocycles. The van der Waals surface area contributed by atoms with Crippen LogP contribution in [-0.4, -0.2) is 14.4 Å². The molecule has 3 aromatic heterocycles. The molecule has 0 bridgehead atoms. The molecule has 1 saturated carbocycles. The lowest BCUT2D eigenvalue weighted by molar-refractivity contribution is 0.995. The van der Waals surface area contributed by atoms with Crippen LogP contribution < -0.4 is 0 Å². The minimum absolute atomic E-state index is 0.746. The lowest BCUT2D eigenvalue weighted by atomic mass is 10.3. The third-order valence-corrected chi connectivity index (χ3v) is 4.18. The van der Waals surface area contributed by atoms with Gasteiger partial charge in [0.2, 0.25) is 0 Å². The first kappa shape index (κ1) is 10.3. The molecule has 0 amide bonds. The molecular weight excluding hydrogens is 242 g/mol. The van der Waals surface area contributed by atoms with Crippen LogP contribution in [-0.2, 0) is 6.42 Å². The van der Waals surface area contributed by atoms with E-state index in [1.165, 1.54) is 23.5 Å². The van der Waals surface area contributed by atoms with Gasteiger partial charge in [-0.3, -0.25) is 0 Å². The molecule has 1 aliphatic rings. The van der Waals surface area contributed by atoms with E-state index in [1.807, 2.05) is 24.4 Å². The van der Waals surface area contributed by atoms with Crippen molar-refractivity contribution in [1.29, 1.82) is 0 Å². The molecule has 3 heterocycles. The number of aromatic nitrogens is 3. The summed E-state index contributed by atoms with van der Waals surface area (Å²) in [6.45, 7) is 0. The summed E-state index contributed by atoms with van der Waals surface area (Å²) >= 11 is 1.76. The van der Waals surface area contributed by atoms with Crippen LogP contribution >= 0.6 is 11.3 Å². The topological polar surface area (TPSA) is 30.2 Å². The van der Waals surface area contributed by atoms with E-state index in [1.54, 1.807) is 11.3 Å². The van der Waals surface area contributed by atoms with E-state index in [0.717, 1.165) is 23.7 Å². The summed E-state index contributed by atoms with van der Waals surface area (Å²) in [5.41, 5.74) is 3.39. The number of hydrogen-bond acceptors (Lipinski definition) is 3. The van der Waals surface area contributed by atoms with E-state index < -0.39 is 0 Å². The lowest BCUT2D eigenvalue weighted by Gasteiger charge is -1.90. The van der Waals surface area contributed by atoms with Crippen LogP contribution in [0.1, 0.15) is 35.2 Å². The zero-order valence-corrected chi connectivity index (χ0v) is 10.7. The van der Waals surface area contributed by atoms with E-state index in [-0.39, 0.29) is 0 Å². The van der Waals surface area contributed by atoms with E-state index in [9.17, 15) is 0 Å². The lowest BCUT2D eigenvalue weighted by Crippen LogP contribution is -1.88. The Hall–Kier alpha value is -1.68. The molecule has 0 atom stereocenters. The zero-order chi connectivity index (χ0) is 11.9. The number of hydrogen-bond donors (Lipinski definition) is 0. The number of rotatable bonds is 3. The second kappa shape index (κ2) is 3.92. The Bertz CT molecular complexity index is 661. The quantitative estimate of drug-likeness (QED) is 0.719. The van der Waals surface area contributed by atoms with Crippen molar-refractivity contribution in [2.75, 3.05) is 0 Å². The molecule has 3 nitrogen and oxygen atoms in total. The maximum Gasteiger partial charge on any atom is 0.136 e. The Morgan fingerprint density at radius 2 is 2.22 bits per heavy atom. The molecule has 18 heavy (non-hydrogen) atoms. The van der Waals surface area contributed by atoms with Crippen molar-refractivity contribution >= 4 is 17.0 Å². The molecule has 90 valence electrons. The van der Waals surface area contributed by atoms with Gasteiger partial charge < -0.3 is 4.40 Å². The van der Waals surface area contributed by atoms with Crippen molar-refractivity contribution in [2.45, 2.75) is 25.2 Å². The fourth-order valence-electron chi connectivity index (χ4n) is 2.20. The van der Waals surface area contributed by atoms with Gasteiger partial charge in [0.25, 0.3) is 0 Å². The predicted octanol–water partition coefficient (Wildman–Crippen LogP) is 3.26. The summed E-state index contributed by atoms with van der Waals surface area (Å²) in [4.78, 5) is 9.31. The third kappa shape index (κ3) is 1.82. The van der Waals surface area contributed by atoms with Crippen LogP contribution in [0.2, 0.25) is 0 Å². The third-order valence-electron chi connectivity index (χ3n) is 3.31. The van der Waals surface area contributed by atoms with Gasteiger partial charge in [-0.15, -0.1) is 11.3 Å². The van der Waals surface area contributed by atoms with Crippen LogP contribution in [0, 0.1) is 0 Å². The minimum Gasteiger partial charge on any atom is -0.307 e. The summed E-state index contributed by atoms with van der Waals surface area (Å²) in [6, 6.07) is 6.06. The Morgan fingerprint density at radius 3 is 3.06 bits per heavy atom. The van der Waals surface area contributed by atoms with Crippen LogP contribution in [0.3, 0.4) is 0 Å². The molecule has 0 spiro atoms. The van der Waals surface area contributed by atoms with Crippen LogP contribution in [0.25, 0.3) is 5.65 Å². The molecule has 3 aromatic rings. The van der Waals surface area contributed by atoms with Crippen LogP contribution in [0.15, 0.2) is 36.0 Å². The molecule has 1 fully saturated rings. The van der Waals surface area contributed by atoms with Gasteiger partial charge in [0, 0.05) is 30.1 Å². The molecule has 4 rings (SSSR count). The van der Waals surface area contributed by atoms with Crippen molar-refractivity contribution < 1.29 is 0 Å². The molecule has 0 aromatic carbocycles. The summed E-state index contributed by atoms with van der Waals surface area (Å²) in [6.07, 6.45) is 7.60.